The number of aliphatic hydroxyl groups excluding tert-OH is 1. The number of hydrogen-bond donors (Lipinski definition) is 1. The van der Waals surface area contributed by atoms with E-state index in [1.165, 1.54) is 0 Å². The predicted molar refractivity (Wildman–Crippen MR) is 46.0 cm³/mol. The van der Waals surface area contributed by atoms with Gasteiger partial charge in [0.25, 0.3) is 0 Å². The van der Waals surface area contributed by atoms with E-state index in [9.17, 15) is 0 Å². The second-order valence-electron chi connectivity index (χ2n) is 2.21. The van der Waals surface area contributed by atoms with Gasteiger partial charge in [-0.1, -0.05) is 0 Å². The molecule has 0 aromatic heterocycles. The summed E-state index contributed by atoms with van der Waals surface area (Å²) in [6.07, 6.45) is 7.16. The van der Waals surface area contributed by atoms with Gasteiger partial charge in [0, 0.05) is 0 Å². The fourth-order valence-electron chi connectivity index (χ4n) is 0.594. The minimum Gasteiger partial charge on any atom is -0.390 e. The summed E-state index contributed by atoms with van der Waals surface area (Å²) < 4.78 is 0. The van der Waals surface area contributed by atoms with Crippen molar-refractivity contribution in [3.63, 3.8) is 0 Å². The molecule has 0 aromatic rings. The molecule has 14 heavy (non-hydrogen) atoms. The van der Waals surface area contributed by atoms with E-state index in [2.05, 4.69) is 52.6 Å². The van der Waals surface area contributed by atoms with E-state index >= 15 is 0 Å². The quantitative estimate of drug-likeness (QED) is 0.400. The van der Waals surface area contributed by atoms with Gasteiger partial charge in [-0.15, -0.1) is 23.8 Å². The molecular formula is C12H5FeO. The van der Waals surface area contributed by atoms with Crippen LogP contribution in [0.3, 0.4) is 0 Å². The zero-order valence-corrected chi connectivity index (χ0v) is 8.48. The van der Waals surface area contributed by atoms with Crippen molar-refractivity contribution in [3.05, 3.63) is 58.2 Å². The smallest absolute Gasteiger partial charge is 0.390 e. The van der Waals surface area contributed by atoms with Gasteiger partial charge in [0.2, 0.25) is 0 Å². The second kappa shape index (κ2) is 7.08. The molecule has 0 aliphatic heterocycles. The van der Waals surface area contributed by atoms with Crippen LogP contribution in [0.2, 0.25) is 0 Å². The molecule has 1 unspecified atom stereocenters. The summed E-state index contributed by atoms with van der Waals surface area (Å²) in [5.41, 5.74) is 15.9. The van der Waals surface area contributed by atoms with Crippen LogP contribution in [0, 0.1) is 18.2 Å². The van der Waals surface area contributed by atoms with Crippen molar-refractivity contribution in [1.29, 1.82) is 0 Å². The Morgan fingerprint density at radius 2 is 2.00 bits per heavy atom. The second-order valence-corrected chi connectivity index (χ2v) is 2.21. The van der Waals surface area contributed by atoms with Gasteiger partial charge in [-0.3, -0.25) is 22.9 Å². The van der Waals surface area contributed by atoms with Crippen LogP contribution in [-0.4, -0.2) is 11.2 Å². The Hall–Kier alpha value is -1.36. The number of rotatable bonds is 1. The zero-order valence-electron chi connectivity index (χ0n) is 7.38. The third-order valence-corrected chi connectivity index (χ3v) is 1.19. The van der Waals surface area contributed by atoms with Crippen molar-refractivity contribution in [2.75, 3.05) is 0 Å². The zero-order chi connectivity index (χ0) is 9.52. The maximum absolute atomic E-state index is 8.81. The normalized spacial score (nSPS) is 13.7. The van der Waals surface area contributed by atoms with Gasteiger partial charge < -0.3 is 5.11 Å². The van der Waals surface area contributed by atoms with Crippen LogP contribution in [0.4, 0.5) is 0 Å². The van der Waals surface area contributed by atoms with E-state index < -0.39 is 6.10 Å². The molecule has 0 saturated carbocycles. The fraction of sp³-hybridized carbons (Fsp3) is 0.167. The molecule has 0 fully saturated rings. The largest absolute Gasteiger partial charge is 2.00 e. The topological polar surface area (TPSA) is 20.2 Å². The minimum atomic E-state index is -0.488. The fourth-order valence-corrected chi connectivity index (χ4v) is 0.594. The minimum absolute atomic E-state index is 0. The van der Waals surface area contributed by atoms with Crippen LogP contribution < -0.4 is 0 Å². The van der Waals surface area contributed by atoms with E-state index in [1.54, 1.807) is 6.92 Å². The third kappa shape index (κ3) is 4.61. The molecule has 0 amide bonds. The molecule has 1 nitrogen and oxygen atoms in total. The van der Waals surface area contributed by atoms with Crippen LogP contribution in [0.15, 0.2) is 40.0 Å². The van der Waals surface area contributed by atoms with Crippen molar-refractivity contribution in [1.82, 2.24) is 0 Å². The summed E-state index contributed by atoms with van der Waals surface area (Å²) in [4.78, 5) is 0. The summed E-state index contributed by atoms with van der Waals surface area (Å²) in [7, 11) is 0. The average molecular weight is 221 g/mol. The SMILES string of the molecule is CC(O)C1=C=C=C=[C-]1.[C]1=C=C=C=[C-]1.[Fe+2]. The number of allylic oxidation sites excluding steroid dienone is 2. The van der Waals surface area contributed by atoms with Gasteiger partial charge in [0.15, 0.2) is 0 Å². The first-order valence-electron chi connectivity index (χ1n) is 3.62. The van der Waals surface area contributed by atoms with Crippen molar-refractivity contribution in [2.24, 2.45) is 0 Å². The van der Waals surface area contributed by atoms with E-state index in [0.717, 1.165) is 0 Å². The molecule has 0 spiro atoms. The third-order valence-electron chi connectivity index (χ3n) is 1.19. The Bertz CT molecular complexity index is 442. The maximum atomic E-state index is 8.81. The van der Waals surface area contributed by atoms with Gasteiger partial charge >= 0.3 is 17.1 Å². The van der Waals surface area contributed by atoms with Crippen LogP contribution >= 0.6 is 0 Å². The van der Waals surface area contributed by atoms with Crippen LogP contribution in [0.1, 0.15) is 6.92 Å². The van der Waals surface area contributed by atoms with E-state index in [0.29, 0.717) is 5.57 Å². The monoisotopic (exact) mass is 221 g/mol. The van der Waals surface area contributed by atoms with Crippen LogP contribution in [0.25, 0.3) is 0 Å². The molecule has 1 atom stereocenters. The summed E-state index contributed by atoms with van der Waals surface area (Å²) in [6.45, 7) is 1.66. The molecule has 67 valence electrons. The molecule has 0 aromatic carbocycles. The molecule has 2 aliphatic rings. The average Bonchev–Trinajstić information content (AvgIpc) is 2.82. The van der Waals surface area contributed by atoms with Crippen LogP contribution in [-0.2, 0) is 17.1 Å². The summed E-state index contributed by atoms with van der Waals surface area (Å²) in [5.74, 6) is 0. The van der Waals surface area contributed by atoms with Gasteiger partial charge in [0.05, 0.1) is 6.10 Å². The van der Waals surface area contributed by atoms with E-state index in [-0.39, 0.29) is 17.1 Å². The van der Waals surface area contributed by atoms with Gasteiger partial charge in [-0.2, -0.15) is 0 Å². The Morgan fingerprint density at radius 1 is 1.21 bits per heavy atom. The molecule has 1 N–H and O–H groups in total. The van der Waals surface area contributed by atoms with Crippen LogP contribution in [0.5, 0.6) is 0 Å². The summed E-state index contributed by atoms with van der Waals surface area (Å²) in [6, 6.07) is 0. The Kier molecular flexibility index (Phi) is 6.39. The van der Waals surface area contributed by atoms with Crippen molar-refractivity contribution < 1.29 is 22.2 Å². The van der Waals surface area contributed by atoms with E-state index in [4.69, 9.17) is 5.11 Å². The molecule has 2 heteroatoms. The Balaban J connectivity index is 0.000000246. The van der Waals surface area contributed by atoms with Crippen molar-refractivity contribution in [2.45, 2.75) is 13.0 Å². The number of aliphatic hydroxyl groups is 1. The molecule has 0 saturated heterocycles. The van der Waals surface area contributed by atoms with Crippen molar-refractivity contribution in [3.8, 4) is 0 Å². The molecule has 2 aliphatic carbocycles. The number of hydrogen-bond acceptors (Lipinski definition) is 1. The summed E-state index contributed by atoms with van der Waals surface area (Å²) >= 11 is 0. The summed E-state index contributed by atoms with van der Waals surface area (Å²) in [5, 5.41) is 8.81. The standard InChI is InChI=1S/C7H5O.C5.Fe/c1-6(8)7-4-2-3-5-7;1-2-4-5-3-1;/h6,8H,1H3;;/q2*-1;+2. The molecule has 1 radical (unpaired) electrons. The van der Waals surface area contributed by atoms with Gasteiger partial charge in [0.1, 0.15) is 0 Å². The molecule has 0 bridgehead atoms. The van der Waals surface area contributed by atoms with Gasteiger partial charge in [-0.05, 0) is 6.92 Å². The first-order chi connectivity index (χ1) is 6.30. The first-order valence-corrected chi connectivity index (χ1v) is 3.62. The molecular weight excluding hydrogens is 216 g/mol. The maximum Gasteiger partial charge on any atom is 2.00 e. The Labute approximate surface area is 93.6 Å². The molecule has 0 heterocycles. The molecule has 2 rings (SSSR count). The predicted octanol–water partition coefficient (Wildman–Crippen LogP) is 1.20. The first kappa shape index (κ1) is 12.6. The Morgan fingerprint density at radius 3 is 2.21 bits per heavy atom. The van der Waals surface area contributed by atoms with Gasteiger partial charge in [-0.25, -0.2) is 11.5 Å². The van der Waals surface area contributed by atoms with Crippen molar-refractivity contribution >= 4 is 0 Å². The van der Waals surface area contributed by atoms with E-state index in [1.807, 2.05) is 0 Å².